The van der Waals surface area contributed by atoms with Crippen molar-refractivity contribution in [1.29, 1.82) is 0 Å². The van der Waals surface area contributed by atoms with E-state index < -0.39 is 0 Å². The van der Waals surface area contributed by atoms with Gasteiger partial charge in [0.05, 0.1) is 16.9 Å². The van der Waals surface area contributed by atoms with Crippen LogP contribution >= 0.6 is 27.3 Å². The van der Waals surface area contributed by atoms with Gasteiger partial charge in [0.15, 0.2) is 0 Å². The zero-order valence-electron chi connectivity index (χ0n) is 8.95. The van der Waals surface area contributed by atoms with Gasteiger partial charge >= 0.3 is 0 Å². The molecular formula is C11H14BrNO2S. The summed E-state index contributed by atoms with van der Waals surface area (Å²) < 4.78 is 1.15. The smallest absolute Gasteiger partial charge is 0.246 e. The number of carbonyl (C=O) groups is 1. The van der Waals surface area contributed by atoms with Crippen molar-refractivity contribution in [2.75, 3.05) is 13.2 Å². The highest BCUT2D eigenvalue weighted by atomic mass is 79.9. The second kappa shape index (κ2) is 5.80. The summed E-state index contributed by atoms with van der Waals surface area (Å²) in [6, 6.07) is 4.15. The van der Waals surface area contributed by atoms with Crippen molar-refractivity contribution in [1.82, 2.24) is 5.06 Å². The molecule has 2 heterocycles. The number of hydrogen-bond donors (Lipinski definition) is 0. The Morgan fingerprint density at radius 1 is 1.56 bits per heavy atom. The number of aryl methyl sites for hydroxylation is 1. The molecule has 0 atom stereocenters. The van der Waals surface area contributed by atoms with Crippen molar-refractivity contribution in [2.24, 2.45) is 0 Å². The van der Waals surface area contributed by atoms with Crippen molar-refractivity contribution in [3.63, 3.8) is 0 Å². The van der Waals surface area contributed by atoms with E-state index in [0.29, 0.717) is 13.0 Å². The molecule has 0 unspecified atom stereocenters. The Kier molecular flexibility index (Phi) is 4.37. The summed E-state index contributed by atoms with van der Waals surface area (Å²) in [5, 5.41) is 1.50. The summed E-state index contributed by atoms with van der Waals surface area (Å²) in [4.78, 5) is 18.2. The number of amides is 1. The maximum atomic E-state index is 11.6. The lowest BCUT2D eigenvalue weighted by Crippen LogP contribution is -2.26. The zero-order chi connectivity index (χ0) is 11.4. The fraction of sp³-hybridized carbons (Fsp3) is 0.545. The SMILES string of the molecule is O=C(CCCc1ccc(Br)s1)N1CCCO1. The van der Waals surface area contributed by atoms with Crippen LogP contribution in [0.2, 0.25) is 0 Å². The number of hydrogen-bond acceptors (Lipinski definition) is 3. The van der Waals surface area contributed by atoms with Crippen LogP contribution in [0.4, 0.5) is 0 Å². The fourth-order valence-corrected chi connectivity index (χ4v) is 3.19. The molecule has 0 N–H and O–H groups in total. The lowest BCUT2D eigenvalue weighted by atomic mass is 10.2. The molecule has 1 amide bonds. The van der Waals surface area contributed by atoms with Gasteiger partial charge in [-0.15, -0.1) is 11.3 Å². The molecule has 5 heteroatoms. The fourth-order valence-electron chi connectivity index (χ4n) is 1.67. The van der Waals surface area contributed by atoms with Crippen LogP contribution in [0.1, 0.15) is 24.1 Å². The average molecular weight is 304 g/mol. The van der Waals surface area contributed by atoms with Gasteiger partial charge in [0.1, 0.15) is 0 Å². The topological polar surface area (TPSA) is 29.5 Å². The highest BCUT2D eigenvalue weighted by molar-refractivity contribution is 9.11. The number of halogens is 1. The number of rotatable bonds is 4. The van der Waals surface area contributed by atoms with Gasteiger partial charge in [0, 0.05) is 11.3 Å². The molecule has 1 aliphatic rings. The van der Waals surface area contributed by atoms with Gasteiger partial charge in [-0.2, -0.15) is 0 Å². The Balaban J connectivity index is 1.69. The van der Waals surface area contributed by atoms with Crippen LogP contribution in [0.25, 0.3) is 0 Å². The van der Waals surface area contributed by atoms with Crippen LogP contribution in [0.3, 0.4) is 0 Å². The molecule has 1 aliphatic heterocycles. The van der Waals surface area contributed by atoms with Gasteiger partial charge in [0.2, 0.25) is 5.91 Å². The van der Waals surface area contributed by atoms with Crippen molar-refractivity contribution in [2.45, 2.75) is 25.7 Å². The van der Waals surface area contributed by atoms with E-state index in [1.54, 1.807) is 11.3 Å². The predicted molar refractivity (Wildman–Crippen MR) is 67.2 cm³/mol. The predicted octanol–water partition coefficient (Wildman–Crippen LogP) is 3.00. The average Bonchev–Trinajstić information content (AvgIpc) is 2.89. The van der Waals surface area contributed by atoms with Crippen LogP contribution < -0.4 is 0 Å². The van der Waals surface area contributed by atoms with E-state index in [0.717, 1.165) is 29.6 Å². The quantitative estimate of drug-likeness (QED) is 0.856. The van der Waals surface area contributed by atoms with E-state index in [9.17, 15) is 4.79 Å². The first-order valence-corrected chi connectivity index (χ1v) is 7.04. The second-order valence-electron chi connectivity index (χ2n) is 3.74. The van der Waals surface area contributed by atoms with E-state index in [4.69, 9.17) is 4.84 Å². The van der Waals surface area contributed by atoms with E-state index >= 15 is 0 Å². The van der Waals surface area contributed by atoms with Crippen molar-refractivity contribution in [3.05, 3.63) is 20.8 Å². The summed E-state index contributed by atoms with van der Waals surface area (Å²) in [7, 11) is 0. The molecule has 3 nitrogen and oxygen atoms in total. The van der Waals surface area contributed by atoms with Crippen LogP contribution in [0.15, 0.2) is 15.9 Å². The number of nitrogens with zero attached hydrogens (tertiary/aromatic N) is 1. The molecule has 0 spiro atoms. The Morgan fingerprint density at radius 2 is 2.44 bits per heavy atom. The maximum absolute atomic E-state index is 11.6. The third-order valence-electron chi connectivity index (χ3n) is 2.47. The molecule has 16 heavy (non-hydrogen) atoms. The van der Waals surface area contributed by atoms with Gasteiger partial charge in [-0.1, -0.05) is 0 Å². The molecule has 0 radical (unpaired) electrons. The summed E-state index contributed by atoms with van der Waals surface area (Å²) in [5.74, 6) is 0.119. The Bertz CT molecular complexity index is 361. The zero-order valence-corrected chi connectivity index (χ0v) is 11.3. The molecular weight excluding hydrogens is 290 g/mol. The van der Waals surface area contributed by atoms with Crippen LogP contribution in [-0.2, 0) is 16.1 Å². The van der Waals surface area contributed by atoms with Crippen LogP contribution in [0, 0.1) is 0 Å². The molecule has 0 bridgehead atoms. The third kappa shape index (κ3) is 3.30. The van der Waals surface area contributed by atoms with E-state index in [2.05, 4.69) is 22.0 Å². The number of hydroxylamine groups is 2. The standard InChI is InChI=1S/C11H14BrNO2S/c12-10-6-5-9(16-10)3-1-4-11(14)13-7-2-8-15-13/h5-6H,1-4,7-8H2. The largest absolute Gasteiger partial charge is 0.273 e. The first-order chi connectivity index (χ1) is 7.75. The normalized spacial score (nSPS) is 15.7. The van der Waals surface area contributed by atoms with Crippen molar-refractivity contribution in [3.8, 4) is 0 Å². The summed E-state index contributed by atoms with van der Waals surface area (Å²) in [6.45, 7) is 1.44. The molecule has 1 aromatic heterocycles. The van der Waals surface area contributed by atoms with E-state index in [-0.39, 0.29) is 5.91 Å². The lowest BCUT2D eigenvalue weighted by Gasteiger charge is -2.13. The van der Waals surface area contributed by atoms with Crippen molar-refractivity contribution >= 4 is 33.2 Å². The number of carbonyl (C=O) groups excluding carboxylic acids is 1. The minimum atomic E-state index is 0.119. The third-order valence-corrected chi connectivity index (χ3v) is 4.16. The number of thiophene rings is 1. The van der Waals surface area contributed by atoms with Gasteiger partial charge < -0.3 is 0 Å². The molecule has 1 saturated heterocycles. The highest BCUT2D eigenvalue weighted by Crippen LogP contribution is 2.23. The molecule has 0 aliphatic carbocycles. The monoisotopic (exact) mass is 303 g/mol. The van der Waals surface area contributed by atoms with Gasteiger partial charge in [-0.05, 0) is 47.3 Å². The minimum absolute atomic E-state index is 0.119. The summed E-state index contributed by atoms with van der Waals surface area (Å²) in [6.07, 6.45) is 3.40. The Labute approximate surface area is 107 Å². The Morgan fingerprint density at radius 3 is 3.06 bits per heavy atom. The highest BCUT2D eigenvalue weighted by Gasteiger charge is 2.18. The molecule has 88 valence electrons. The van der Waals surface area contributed by atoms with E-state index in [1.165, 1.54) is 9.94 Å². The molecule has 1 aromatic rings. The van der Waals surface area contributed by atoms with Gasteiger partial charge in [0.25, 0.3) is 0 Å². The summed E-state index contributed by atoms with van der Waals surface area (Å²) >= 11 is 5.16. The van der Waals surface area contributed by atoms with Crippen LogP contribution in [0.5, 0.6) is 0 Å². The summed E-state index contributed by atoms with van der Waals surface area (Å²) in [5.41, 5.74) is 0. The first-order valence-electron chi connectivity index (χ1n) is 5.43. The molecule has 0 aromatic carbocycles. The maximum Gasteiger partial charge on any atom is 0.246 e. The van der Waals surface area contributed by atoms with Gasteiger partial charge in [-0.25, -0.2) is 5.06 Å². The second-order valence-corrected chi connectivity index (χ2v) is 6.29. The van der Waals surface area contributed by atoms with Crippen molar-refractivity contribution < 1.29 is 9.63 Å². The first kappa shape index (κ1) is 12.1. The van der Waals surface area contributed by atoms with E-state index in [1.807, 2.05) is 6.07 Å². The molecule has 1 fully saturated rings. The molecule has 0 saturated carbocycles. The minimum Gasteiger partial charge on any atom is -0.273 e. The van der Waals surface area contributed by atoms with Gasteiger partial charge in [-0.3, -0.25) is 9.63 Å². The van der Waals surface area contributed by atoms with Crippen LogP contribution in [-0.4, -0.2) is 24.1 Å². The Hall–Kier alpha value is -0.390. The molecule has 2 rings (SSSR count). The lowest BCUT2D eigenvalue weighted by molar-refractivity contribution is -0.168.